The molecule has 5 heteroatoms. The highest BCUT2D eigenvalue weighted by atomic mass is 79.9. The van der Waals surface area contributed by atoms with Crippen molar-refractivity contribution in [1.29, 1.82) is 0 Å². The number of alkyl halides is 3. The van der Waals surface area contributed by atoms with Crippen LogP contribution in [0.15, 0.2) is 28.7 Å². The van der Waals surface area contributed by atoms with E-state index in [0.717, 1.165) is 0 Å². The summed E-state index contributed by atoms with van der Waals surface area (Å²) in [5.74, 6) is -0.0507. The molecule has 0 fully saturated rings. The van der Waals surface area contributed by atoms with Crippen LogP contribution in [0.3, 0.4) is 0 Å². The zero-order valence-electron chi connectivity index (χ0n) is 6.44. The fourth-order valence-electron chi connectivity index (χ4n) is 0.775. The average molecular weight is 271 g/mol. The van der Waals surface area contributed by atoms with Crippen LogP contribution in [0.25, 0.3) is 0 Å². The molecule has 13 heavy (non-hydrogen) atoms. The molecule has 0 N–H and O–H groups in total. The summed E-state index contributed by atoms with van der Waals surface area (Å²) in [5, 5.41) is 0. The highest BCUT2D eigenvalue weighted by Gasteiger charge is 2.28. The van der Waals surface area contributed by atoms with E-state index >= 15 is 0 Å². The molecule has 0 saturated carbocycles. The highest BCUT2D eigenvalue weighted by Crippen LogP contribution is 2.34. The van der Waals surface area contributed by atoms with Gasteiger partial charge in [-0.2, -0.15) is 13.2 Å². The molecule has 0 bridgehead atoms. The van der Waals surface area contributed by atoms with E-state index in [9.17, 15) is 13.2 Å². The molecule has 0 spiro atoms. The first kappa shape index (κ1) is 10.9. The first-order valence-electron chi connectivity index (χ1n) is 3.43. The minimum atomic E-state index is -4.16. The minimum Gasteiger partial charge on any atom is -0.160 e. The van der Waals surface area contributed by atoms with Gasteiger partial charge in [0.15, 0.2) is 0 Å². The van der Waals surface area contributed by atoms with Crippen LogP contribution in [0.2, 0.25) is 0 Å². The largest absolute Gasteiger partial charge is 0.442 e. The number of thioether (sulfide) groups is 1. The number of hydrogen-bond donors (Lipinski definition) is 0. The van der Waals surface area contributed by atoms with E-state index in [1.807, 2.05) is 0 Å². The Bertz CT molecular complexity index is 285. The summed E-state index contributed by atoms with van der Waals surface area (Å²) in [6.07, 6.45) is 0. The van der Waals surface area contributed by atoms with Crippen molar-refractivity contribution in [3.8, 4) is 0 Å². The topological polar surface area (TPSA) is 0 Å². The molecule has 0 aliphatic carbocycles. The van der Waals surface area contributed by atoms with Crippen molar-refractivity contribution in [2.75, 3.05) is 0 Å². The van der Waals surface area contributed by atoms with E-state index in [0.29, 0.717) is 10.0 Å². The molecule has 0 saturated heterocycles. The zero-order valence-corrected chi connectivity index (χ0v) is 8.84. The quantitative estimate of drug-likeness (QED) is 0.776. The van der Waals surface area contributed by atoms with Crippen molar-refractivity contribution in [1.82, 2.24) is 0 Å². The lowest BCUT2D eigenvalue weighted by Gasteiger charge is -2.06. The smallest absolute Gasteiger partial charge is 0.160 e. The lowest BCUT2D eigenvalue weighted by molar-refractivity contribution is -0.0329. The molecule has 0 aromatic heterocycles. The average Bonchev–Trinajstić information content (AvgIpc) is 2.01. The van der Waals surface area contributed by atoms with Crippen LogP contribution in [0.4, 0.5) is 13.2 Å². The highest BCUT2D eigenvalue weighted by molar-refractivity contribution is 9.10. The number of rotatable bonds is 2. The van der Waals surface area contributed by atoms with Gasteiger partial charge in [0, 0.05) is 10.2 Å². The lowest BCUT2D eigenvalue weighted by Crippen LogP contribution is -2.00. The van der Waals surface area contributed by atoms with Gasteiger partial charge in [-0.05, 0) is 23.4 Å². The second kappa shape index (κ2) is 4.37. The molecule has 1 rings (SSSR count). The van der Waals surface area contributed by atoms with Crippen LogP contribution in [0, 0.1) is 0 Å². The van der Waals surface area contributed by atoms with Crippen molar-refractivity contribution in [3.63, 3.8) is 0 Å². The van der Waals surface area contributed by atoms with Crippen molar-refractivity contribution < 1.29 is 13.2 Å². The van der Waals surface area contributed by atoms with Crippen molar-refractivity contribution in [2.45, 2.75) is 11.3 Å². The van der Waals surface area contributed by atoms with Gasteiger partial charge in [-0.15, -0.1) is 0 Å². The SMILES string of the molecule is FC(F)(F)SCc1ccccc1Br. The predicted octanol–water partition coefficient (Wildman–Crippen LogP) is 4.20. The lowest BCUT2D eigenvalue weighted by atomic mass is 10.2. The van der Waals surface area contributed by atoms with Gasteiger partial charge in [0.05, 0.1) is 0 Å². The third-order valence-electron chi connectivity index (χ3n) is 1.35. The number of hydrogen-bond acceptors (Lipinski definition) is 1. The van der Waals surface area contributed by atoms with Crippen molar-refractivity contribution >= 4 is 27.7 Å². The summed E-state index contributed by atoms with van der Waals surface area (Å²) in [4.78, 5) is 0. The Labute approximate surface area is 86.6 Å². The standard InChI is InChI=1S/C8H6BrF3S/c9-7-4-2-1-3-6(7)5-13-8(10,11)12/h1-4H,5H2. The van der Waals surface area contributed by atoms with Gasteiger partial charge in [-0.1, -0.05) is 34.1 Å². The first-order valence-corrected chi connectivity index (χ1v) is 5.21. The Morgan fingerprint density at radius 1 is 1.23 bits per heavy atom. The molecule has 0 unspecified atom stereocenters. The van der Waals surface area contributed by atoms with Gasteiger partial charge in [0.1, 0.15) is 0 Å². The normalized spacial score (nSPS) is 11.7. The molecule has 0 heterocycles. The number of benzene rings is 1. The van der Waals surface area contributed by atoms with E-state index in [1.165, 1.54) is 0 Å². The van der Waals surface area contributed by atoms with Gasteiger partial charge in [-0.25, -0.2) is 0 Å². The van der Waals surface area contributed by atoms with Gasteiger partial charge >= 0.3 is 5.51 Å². The first-order chi connectivity index (χ1) is 5.99. The second-order valence-electron chi connectivity index (χ2n) is 2.33. The number of halogens is 4. The van der Waals surface area contributed by atoms with Gasteiger partial charge < -0.3 is 0 Å². The molecule has 1 aromatic rings. The van der Waals surface area contributed by atoms with Gasteiger partial charge in [-0.3, -0.25) is 0 Å². The Morgan fingerprint density at radius 2 is 1.85 bits per heavy atom. The van der Waals surface area contributed by atoms with Crippen LogP contribution in [0.1, 0.15) is 5.56 Å². The Balaban J connectivity index is 2.60. The predicted molar refractivity (Wildman–Crippen MR) is 51.5 cm³/mol. The molecule has 0 aliphatic heterocycles. The Morgan fingerprint density at radius 3 is 2.38 bits per heavy atom. The summed E-state index contributed by atoms with van der Waals surface area (Å²) in [5.41, 5.74) is -3.50. The summed E-state index contributed by atoms with van der Waals surface area (Å²) in [6.45, 7) is 0. The van der Waals surface area contributed by atoms with E-state index < -0.39 is 5.51 Å². The maximum Gasteiger partial charge on any atom is 0.442 e. The second-order valence-corrected chi connectivity index (χ2v) is 4.22. The van der Waals surface area contributed by atoms with Crippen molar-refractivity contribution in [2.24, 2.45) is 0 Å². The molecule has 0 radical (unpaired) electrons. The summed E-state index contributed by atoms with van der Waals surface area (Å²) < 4.78 is 36.2. The summed E-state index contributed by atoms with van der Waals surface area (Å²) in [6, 6.07) is 6.89. The fourth-order valence-corrected chi connectivity index (χ4v) is 1.96. The maximum atomic E-state index is 11.8. The third-order valence-corrected chi connectivity index (χ3v) is 2.91. The minimum absolute atomic E-state index is 0.0292. The van der Waals surface area contributed by atoms with Crippen molar-refractivity contribution in [3.05, 3.63) is 34.3 Å². The Hall–Kier alpha value is -0.160. The monoisotopic (exact) mass is 270 g/mol. The molecule has 0 atom stereocenters. The van der Waals surface area contributed by atoms with Crippen LogP contribution in [0.5, 0.6) is 0 Å². The van der Waals surface area contributed by atoms with Crippen LogP contribution >= 0.6 is 27.7 Å². The van der Waals surface area contributed by atoms with E-state index in [4.69, 9.17) is 0 Å². The molecule has 1 aromatic carbocycles. The van der Waals surface area contributed by atoms with E-state index in [-0.39, 0.29) is 17.5 Å². The van der Waals surface area contributed by atoms with Crippen LogP contribution in [-0.2, 0) is 5.75 Å². The van der Waals surface area contributed by atoms with E-state index in [2.05, 4.69) is 15.9 Å². The molecule has 0 nitrogen and oxygen atoms in total. The molecular weight excluding hydrogens is 265 g/mol. The molecule has 72 valence electrons. The van der Waals surface area contributed by atoms with Crippen LogP contribution < -0.4 is 0 Å². The fraction of sp³-hybridized carbons (Fsp3) is 0.250. The third kappa shape index (κ3) is 4.04. The molecule has 0 aliphatic rings. The zero-order chi connectivity index (χ0) is 9.90. The van der Waals surface area contributed by atoms with Crippen LogP contribution in [-0.4, -0.2) is 5.51 Å². The Kier molecular flexibility index (Phi) is 3.67. The van der Waals surface area contributed by atoms with Gasteiger partial charge in [0.25, 0.3) is 0 Å². The van der Waals surface area contributed by atoms with E-state index in [1.54, 1.807) is 24.3 Å². The molecule has 0 amide bonds. The van der Waals surface area contributed by atoms with Gasteiger partial charge in [0.2, 0.25) is 0 Å². The summed E-state index contributed by atoms with van der Waals surface area (Å²) in [7, 11) is 0. The maximum absolute atomic E-state index is 11.8. The summed E-state index contributed by atoms with van der Waals surface area (Å²) >= 11 is 3.15. The molecular formula is C8H6BrF3S.